The molecule has 1 N–H and O–H groups in total. The molecule has 0 saturated carbocycles. The van der Waals surface area contributed by atoms with Gasteiger partial charge in [0.25, 0.3) is 0 Å². The molecule has 0 amide bonds. The van der Waals surface area contributed by atoms with Gasteiger partial charge in [0.2, 0.25) is 6.29 Å². The lowest BCUT2D eigenvalue weighted by Gasteiger charge is -2.25. The highest BCUT2D eigenvalue weighted by molar-refractivity contribution is 4.94. The summed E-state index contributed by atoms with van der Waals surface area (Å²) in [6.07, 6.45) is 1.21. The Kier molecular flexibility index (Phi) is 2.09. The van der Waals surface area contributed by atoms with Crippen LogP contribution >= 0.6 is 0 Å². The van der Waals surface area contributed by atoms with E-state index in [1.54, 1.807) is 0 Å². The van der Waals surface area contributed by atoms with E-state index < -0.39 is 0 Å². The minimum Gasteiger partial charge on any atom is -0.458 e. The minimum atomic E-state index is -0.260. The van der Waals surface area contributed by atoms with Crippen LogP contribution in [-0.4, -0.2) is 18.0 Å². The van der Waals surface area contributed by atoms with Crippen LogP contribution in [-0.2, 0) is 9.47 Å². The zero-order chi connectivity index (χ0) is 8.48. The van der Waals surface area contributed by atoms with E-state index in [2.05, 4.69) is 0 Å². The first kappa shape index (κ1) is 8.40. The first-order valence-electron chi connectivity index (χ1n) is 3.66. The normalized spacial score (nSPS) is 24.0. The summed E-state index contributed by atoms with van der Waals surface area (Å²) in [7, 11) is 0. The summed E-state index contributed by atoms with van der Waals surface area (Å²) < 4.78 is 10.4. The van der Waals surface area contributed by atoms with Gasteiger partial charge < -0.3 is 14.6 Å². The molecule has 1 unspecified atom stereocenters. The van der Waals surface area contributed by atoms with E-state index in [-0.39, 0.29) is 18.3 Å². The molecule has 1 atom stereocenters. The van der Waals surface area contributed by atoms with Crippen molar-refractivity contribution in [2.45, 2.75) is 27.1 Å². The van der Waals surface area contributed by atoms with Crippen molar-refractivity contribution in [2.75, 3.05) is 6.61 Å². The summed E-state index contributed by atoms with van der Waals surface area (Å²) in [5.74, 6) is 0.505. The van der Waals surface area contributed by atoms with Gasteiger partial charge in [0.15, 0.2) is 5.76 Å². The van der Waals surface area contributed by atoms with Gasteiger partial charge in [-0.25, -0.2) is 0 Å². The number of aliphatic hydroxyl groups is 1. The van der Waals surface area contributed by atoms with Crippen molar-refractivity contribution >= 4 is 0 Å². The first-order chi connectivity index (χ1) is 5.04. The van der Waals surface area contributed by atoms with Gasteiger partial charge in [-0.05, 0) is 0 Å². The zero-order valence-electron chi connectivity index (χ0n) is 7.13. The van der Waals surface area contributed by atoms with E-state index in [1.165, 1.54) is 6.26 Å². The van der Waals surface area contributed by atoms with Crippen LogP contribution in [0.5, 0.6) is 0 Å². The summed E-state index contributed by atoms with van der Waals surface area (Å²) in [6.45, 7) is 5.97. The second-order valence-electron chi connectivity index (χ2n) is 3.69. The summed E-state index contributed by atoms with van der Waals surface area (Å²) >= 11 is 0. The van der Waals surface area contributed by atoms with Gasteiger partial charge in [0, 0.05) is 5.41 Å². The summed E-state index contributed by atoms with van der Waals surface area (Å²) in [6, 6.07) is 0. The van der Waals surface area contributed by atoms with Gasteiger partial charge in [0.1, 0.15) is 12.9 Å². The Morgan fingerprint density at radius 1 is 1.55 bits per heavy atom. The highest BCUT2D eigenvalue weighted by Gasteiger charge is 2.31. The smallest absolute Gasteiger partial charge is 0.244 e. The van der Waals surface area contributed by atoms with Gasteiger partial charge in [-0.15, -0.1) is 0 Å². The van der Waals surface area contributed by atoms with Crippen LogP contribution in [0.4, 0.5) is 0 Å². The molecule has 1 heterocycles. The lowest BCUT2D eigenvalue weighted by Crippen LogP contribution is -2.27. The Balaban J connectivity index is 2.48. The van der Waals surface area contributed by atoms with Crippen molar-refractivity contribution < 1.29 is 14.6 Å². The van der Waals surface area contributed by atoms with Crippen LogP contribution < -0.4 is 0 Å². The maximum absolute atomic E-state index is 8.68. The predicted molar refractivity (Wildman–Crippen MR) is 40.6 cm³/mol. The molecular formula is C8H14O3. The lowest BCUT2D eigenvalue weighted by molar-refractivity contribution is -0.107. The Labute approximate surface area is 66.6 Å². The van der Waals surface area contributed by atoms with E-state index in [0.29, 0.717) is 5.76 Å². The van der Waals surface area contributed by atoms with Gasteiger partial charge in [-0.2, -0.15) is 0 Å². The molecule has 1 rings (SSSR count). The number of rotatable bonds is 1. The van der Waals surface area contributed by atoms with Crippen molar-refractivity contribution in [2.24, 2.45) is 5.41 Å². The third kappa shape index (κ3) is 1.87. The molecule has 0 bridgehead atoms. The van der Waals surface area contributed by atoms with Gasteiger partial charge >= 0.3 is 0 Å². The molecule has 1 aliphatic rings. The molecule has 0 aliphatic carbocycles. The highest BCUT2D eigenvalue weighted by Crippen LogP contribution is 2.29. The average Bonchev–Trinajstić information content (AvgIpc) is 2.32. The molecule has 0 fully saturated rings. The monoisotopic (exact) mass is 158 g/mol. The molecule has 1 aliphatic heterocycles. The van der Waals surface area contributed by atoms with E-state index >= 15 is 0 Å². The fourth-order valence-electron chi connectivity index (χ4n) is 0.786. The second kappa shape index (κ2) is 2.74. The Morgan fingerprint density at radius 3 is 2.45 bits per heavy atom. The predicted octanol–water partition coefficient (Wildman–Crippen LogP) is 1.24. The summed E-state index contributed by atoms with van der Waals surface area (Å²) in [5, 5.41) is 8.68. The van der Waals surface area contributed by atoms with E-state index in [4.69, 9.17) is 14.6 Å². The maximum atomic E-state index is 8.68. The molecule has 0 aromatic heterocycles. The maximum Gasteiger partial charge on any atom is 0.244 e. The van der Waals surface area contributed by atoms with Gasteiger partial charge in [-0.1, -0.05) is 20.8 Å². The molecule has 0 aromatic carbocycles. The molecule has 11 heavy (non-hydrogen) atoms. The molecule has 0 spiro atoms. The van der Waals surface area contributed by atoms with Crippen molar-refractivity contribution in [3.63, 3.8) is 0 Å². The van der Waals surface area contributed by atoms with Crippen LogP contribution in [0.3, 0.4) is 0 Å². The molecule has 64 valence electrons. The van der Waals surface area contributed by atoms with Crippen molar-refractivity contribution in [3.05, 3.63) is 12.0 Å². The van der Waals surface area contributed by atoms with Crippen LogP contribution in [0, 0.1) is 5.41 Å². The fourth-order valence-corrected chi connectivity index (χ4v) is 0.786. The van der Waals surface area contributed by atoms with E-state index in [9.17, 15) is 0 Å². The quantitative estimate of drug-likeness (QED) is 0.624. The largest absolute Gasteiger partial charge is 0.458 e. The number of ether oxygens (including phenoxy) is 2. The number of aliphatic hydroxyl groups excluding tert-OH is 1. The van der Waals surface area contributed by atoms with Gasteiger partial charge in [0.05, 0.1) is 0 Å². The summed E-state index contributed by atoms with van der Waals surface area (Å²) in [4.78, 5) is 0. The minimum absolute atomic E-state index is 0.0482. The molecule has 0 saturated heterocycles. The van der Waals surface area contributed by atoms with Gasteiger partial charge in [-0.3, -0.25) is 0 Å². The Hall–Kier alpha value is -0.700. The lowest BCUT2D eigenvalue weighted by atomic mass is 9.96. The standard InChI is InChI=1S/C8H14O3/c1-8(2,3)7-10-5-6(4-9)11-7/h5,7,9H,4H2,1-3H3. The van der Waals surface area contributed by atoms with Crippen molar-refractivity contribution in [1.82, 2.24) is 0 Å². The molecule has 0 radical (unpaired) electrons. The highest BCUT2D eigenvalue weighted by atomic mass is 16.7. The van der Waals surface area contributed by atoms with Crippen LogP contribution in [0.1, 0.15) is 20.8 Å². The van der Waals surface area contributed by atoms with Crippen LogP contribution in [0.15, 0.2) is 12.0 Å². The van der Waals surface area contributed by atoms with Crippen LogP contribution in [0.25, 0.3) is 0 Å². The topological polar surface area (TPSA) is 38.7 Å². The van der Waals surface area contributed by atoms with E-state index in [1.807, 2.05) is 20.8 Å². The van der Waals surface area contributed by atoms with Crippen molar-refractivity contribution in [1.29, 1.82) is 0 Å². The Morgan fingerprint density at radius 2 is 2.18 bits per heavy atom. The number of hydrogen-bond acceptors (Lipinski definition) is 3. The van der Waals surface area contributed by atoms with Crippen molar-refractivity contribution in [3.8, 4) is 0 Å². The molecular weight excluding hydrogens is 144 g/mol. The van der Waals surface area contributed by atoms with Crippen LogP contribution in [0.2, 0.25) is 0 Å². The second-order valence-corrected chi connectivity index (χ2v) is 3.69. The summed E-state index contributed by atoms with van der Waals surface area (Å²) in [5.41, 5.74) is -0.0482. The SMILES string of the molecule is CC(C)(C)C1OC=C(CO)O1. The molecule has 3 nitrogen and oxygen atoms in total. The Bertz CT molecular complexity index is 167. The third-order valence-corrected chi connectivity index (χ3v) is 1.44. The number of hydrogen-bond donors (Lipinski definition) is 1. The van der Waals surface area contributed by atoms with E-state index in [0.717, 1.165) is 0 Å². The average molecular weight is 158 g/mol. The zero-order valence-corrected chi connectivity index (χ0v) is 7.13. The molecule has 3 heteroatoms. The first-order valence-corrected chi connectivity index (χ1v) is 3.66. The fraction of sp³-hybridized carbons (Fsp3) is 0.750. The molecule has 0 aromatic rings. The third-order valence-electron chi connectivity index (χ3n) is 1.44.